The molecule has 0 unspecified atom stereocenters. The van der Waals surface area contributed by atoms with Crippen molar-refractivity contribution in [2.45, 2.75) is 19.4 Å². The summed E-state index contributed by atoms with van der Waals surface area (Å²) in [5, 5.41) is 4.87. The van der Waals surface area contributed by atoms with Crippen molar-refractivity contribution in [3.05, 3.63) is 59.2 Å². The van der Waals surface area contributed by atoms with Crippen LogP contribution in [0.15, 0.2) is 48.5 Å². The minimum absolute atomic E-state index is 0.170. The summed E-state index contributed by atoms with van der Waals surface area (Å²) in [6, 6.07) is 15.6. The van der Waals surface area contributed by atoms with E-state index in [4.69, 9.17) is 16.3 Å². The largest absolute Gasteiger partial charge is 0.497 e. The first-order valence-electron chi connectivity index (χ1n) is 8.92. The molecule has 27 heavy (non-hydrogen) atoms. The third-order valence-corrected chi connectivity index (χ3v) is 5.12. The first-order chi connectivity index (χ1) is 13.2. The smallest absolute Gasteiger partial charge is 0.227 e. The summed E-state index contributed by atoms with van der Waals surface area (Å²) in [6.07, 6.45) is 1.51. The van der Waals surface area contributed by atoms with Crippen molar-refractivity contribution in [1.29, 1.82) is 0 Å². The Morgan fingerprint density at radius 2 is 2.07 bits per heavy atom. The van der Waals surface area contributed by atoms with Crippen LogP contribution in [0, 0.1) is 0 Å². The van der Waals surface area contributed by atoms with Gasteiger partial charge < -0.3 is 15.0 Å². The summed E-state index contributed by atoms with van der Waals surface area (Å²) in [6.45, 7) is 1.28. The zero-order valence-electron chi connectivity index (χ0n) is 15.0. The maximum Gasteiger partial charge on any atom is 0.227 e. The fourth-order valence-electron chi connectivity index (χ4n) is 3.37. The molecule has 2 aromatic carbocycles. The predicted molar refractivity (Wildman–Crippen MR) is 109 cm³/mol. The fraction of sp³-hybridized carbons (Fsp3) is 0.238. The van der Waals surface area contributed by atoms with Gasteiger partial charge in [0.1, 0.15) is 10.9 Å². The molecule has 4 rings (SSSR count). The Kier molecular flexibility index (Phi) is 4.86. The van der Waals surface area contributed by atoms with Gasteiger partial charge in [-0.05, 0) is 36.8 Å². The van der Waals surface area contributed by atoms with Crippen LogP contribution in [0.2, 0.25) is 5.15 Å². The zero-order chi connectivity index (χ0) is 18.8. The highest BCUT2D eigenvalue weighted by Gasteiger charge is 2.23. The molecule has 1 amide bonds. The number of para-hydroxylation sites is 2. The molecule has 1 saturated heterocycles. The van der Waals surface area contributed by atoms with Gasteiger partial charge in [-0.15, -0.1) is 0 Å². The molecule has 6 heteroatoms. The van der Waals surface area contributed by atoms with Crippen molar-refractivity contribution in [2.75, 3.05) is 23.9 Å². The van der Waals surface area contributed by atoms with Crippen molar-refractivity contribution in [1.82, 2.24) is 4.98 Å². The number of ether oxygens (including phenoxy) is 1. The molecule has 1 aliphatic heterocycles. The Bertz CT molecular complexity index is 1010. The van der Waals surface area contributed by atoms with Crippen LogP contribution in [-0.2, 0) is 11.3 Å². The van der Waals surface area contributed by atoms with Crippen LogP contribution in [0.1, 0.15) is 18.4 Å². The average Bonchev–Trinajstić information content (AvgIpc) is 3.12. The molecule has 3 aromatic rings. The number of nitrogens with one attached hydrogen (secondary N) is 1. The number of amides is 1. The van der Waals surface area contributed by atoms with Gasteiger partial charge in [-0.3, -0.25) is 4.79 Å². The third kappa shape index (κ3) is 3.55. The van der Waals surface area contributed by atoms with Gasteiger partial charge in [-0.2, -0.15) is 0 Å². The Morgan fingerprint density at radius 3 is 2.85 bits per heavy atom. The molecule has 1 aromatic heterocycles. The minimum Gasteiger partial charge on any atom is -0.497 e. The van der Waals surface area contributed by atoms with E-state index in [-0.39, 0.29) is 5.91 Å². The number of nitrogens with zero attached hydrogens (tertiary/aromatic N) is 2. The normalized spacial score (nSPS) is 14.0. The van der Waals surface area contributed by atoms with Gasteiger partial charge in [-0.1, -0.05) is 23.7 Å². The Morgan fingerprint density at radius 1 is 1.22 bits per heavy atom. The Balaban J connectivity index is 1.59. The van der Waals surface area contributed by atoms with Crippen molar-refractivity contribution in [2.24, 2.45) is 0 Å². The molecular formula is C21H20ClN3O2. The number of fused-ring (bicyclic) bond motifs is 1. The molecule has 0 spiro atoms. The van der Waals surface area contributed by atoms with Crippen LogP contribution in [0.25, 0.3) is 10.9 Å². The standard InChI is InChI=1S/C21H20ClN3O2/c1-27-16-9-8-14-11-15(21(22)24-18(14)12-16)13-23-17-5-2-3-6-19(17)25-10-4-7-20(25)26/h2-3,5-6,8-9,11-12,23H,4,7,10,13H2,1H3. The molecule has 0 bridgehead atoms. The molecule has 2 heterocycles. The quantitative estimate of drug-likeness (QED) is 0.654. The zero-order valence-corrected chi connectivity index (χ0v) is 15.8. The van der Waals surface area contributed by atoms with E-state index in [0.717, 1.165) is 46.6 Å². The Labute approximate surface area is 162 Å². The number of hydrogen-bond donors (Lipinski definition) is 1. The van der Waals surface area contributed by atoms with Gasteiger partial charge in [0, 0.05) is 36.5 Å². The van der Waals surface area contributed by atoms with E-state index in [1.165, 1.54) is 0 Å². The first-order valence-corrected chi connectivity index (χ1v) is 9.30. The molecule has 0 radical (unpaired) electrons. The number of carbonyl (C=O) groups is 1. The second-order valence-electron chi connectivity index (χ2n) is 6.52. The van der Waals surface area contributed by atoms with Gasteiger partial charge >= 0.3 is 0 Å². The molecule has 0 atom stereocenters. The lowest BCUT2D eigenvalue weighted by Gasteiger charge is -2.20. The second-order valence-corrected chi connectivity index (χ2v) is 6.87. The Hall–Kier alpha value is -2.79. The number of hydrogen-bond acceptors (Lipinski definition) is 4. The molecular weight excluding hydrogens is 362 g/mol. The maximum atomic E-state index is 12.1. The highest BCUT2D eigenvalue weighted by atomic mass is 35.5. The van der Waals surface area contributed by atoms with E-state index in [1.54, 1.807) is 7.11 Å². The number of anilines is 2. The summed E-state index contributed by atoms with van der Waals surface area (Å²) < 4.78 is 5.24. The second kappa shape index (κ2) is 7.45. The van der Waals surface area contributed by atoms with E-state index >= 15 is 0 Å². The summed E-state index contributed by atoms with van der Waals surface area (Å²) in [7, 11) is 1.63. The lowest BCUT2D eigenvalue weighted by atomic mass is 10.1. The van der Waals surface area contributed by atoms with Crippen LogP contribution < -0.4 is 15.0 Å². The van der Waals surface area contributed by atoms with Gasteiger partial charge in [0.2, 0.25) is 5.91 Å². The summed E-state index contributed by atoms with van der Waals surface area (Å²) in [5.74, 6) is 0.921. The number of aromatic nitrogens is 1. The monoisotopic (exact) mass is 381 g/mol. The van der Waals surface area contributed by atoms with Crippen LogP contribution >= 0.6 is 11.6 Å². The van der Waals surface area contributed by atoms with Crippen LogP contribution in [0.4, 0.5) is 11.4 Å². The average molecular weight is 382 g/mol. The van der Waals surface area contributed by atoms with E-state index in [1.807, 2.05) is 53.4 Å². The van der Waals surface area contributed by atoms with Crippen LogP contribution in [-0.4, -0.2) is 24.5 Å². The van der Waals surface area contributed by atoms with Gasteiger partial charge in [-0.25, -0.2) is 4.98 Å². The minimum atomic E-state index is 0.170. The number of pyridine rings is 1. The van der Waals surface area contributed by atoms with E-state index in [9.17, 15) is 4.79 Å². The molecule has 1 aliphatic rings. The molecule has 1 fully saturated rings. The van der Waals surface area contributed by atoms with Gasteiger partial charge in [0.05, 0.1) is 24.0 Å². The number of halogens is 1. The van der Waals surface area contributed by atoms with Crippen molar-refractivity contribution >= 4 is 39.8 Å². The molecule has 138 valence electrons. The van der Waals surface area contributed by atoms with E-state index in [0.29, 0.717) is 18.1 Å². The van der Waals surface area contributed by atoms with Crippen molar-refractivity contribution in [3.63, 3.8) is 0 Å². The van der Waals surface area contributed by atoms with Gasteiger partial charge in [0.25, 0.3) is 0 Å². The lowest BCUT2D eigenvalue weighted by molar-refractivity contribution is -0.117. The van der Waals surface area contributed by atoms with Crippen molar-refractivity contribution < 1.29 is 9.53 Å². The number of methoxy groups -OCH3 is 1. The first kappa shape index (κ1) is 17.6. The van der Waals surface area contributed by atoms with E-state index < -0.39 is 0 Å². The number of benzene rings is 2. The SMILES string of the molecule is COc1ccc2cc(CNc3ccccc3N3CCCC3=O)c(Cl)nc2c1. The van der Waals surface area contributed by atoms with Crippen LogP contribution in [0.3, 0.4) is 0 Å². The highest BCUT2D eigenvalue weighted by Crippen LogP contribution is 2.31. The number of carbonyl (C=O) groups excluding carboxylic acids is 1. The molecule has 1 N–H and O–H groups in total. The third-order valence-electron chi connectivity index (χ3n) is 4.79. The topological polar surface area (TPSA) is 54.5 Å². The summed E-state index contributed by atoms with van der Waals surface area (Å²) in [4.78, 5) is 18.4. The maximum absolute atomic E-state index is 12.1. The summed E-state index contributed by atoms with van der Waals surface area (Å²) in [5.41, 5.74) is 3.52. The summed E-state index contributed by atoms with van der Waals surface area (Å²) >= 11 is 6.40. The predicted octanol–water partition coefficient (Wildman–Crippen LogP) is 4.64. The fourth-order valence-corrected chi connectivity index (χ4v) is 3.58. The van der Waals surface area contributed by atoms with Crippen LogP contribution in [0.5, 0.6) is 5.75 Å². The number of rotatable bonds is 5. The molecule has 0 aliphatic carbocycles. The molecule has 0 saturated carbocycles. The van der Waals surface area contributed by atoms with Crippen molar-refractivity contribution in [3.8, 4) is 5.75 Å². The highest BCUT2D eigenvalue weighted by molar-refractivity contribution is 6.30. The lowest BCUT2D eigenvalue weighted by Crippen LogP contribution is -2.24. The molecule has 5 nitrogen and oxygen atoms in total. The van der Waals surface area contributed by atoms with E-state index in [2.05, 4.69) is 10.3 Å². The van der Waals surface area contributed by atoms with Gasteiger partial charge in [0.15, 0.2) is 0 Å².